The molecular formula is C18H20N4O4S2. The van der Waals surface area contributed by atoms with Crippen molar-refractivity contribution in [1.29, 1.82) is 0 Å². The zero-order chi connectivity index (χ0) is 19.9. The summed E-state index contributed by atoms with van der Waals surface area (Å²) in [4.78, 5) is 31.9. The van der Waals surface area contributed by atoms with Gasteiger partial charge in [0, 0.05) is 43.0 Å². The molecule has 1 saturated heterocycles. The maximum absolute atomic E-state index is 12.6. The van der Waals surface area contributed by atoms with Crippen LogP contribution in [0.5, 0.6) is 0 Å². The van der Waals surface area contributed by atoms with Gasteiger partial charge in [0.15, 0.2) is 5.13 Å². The summed E-state index contributed by atoms with van der Waals surface area (Å²) in [6.07, 6.45) is 1.88. The fraction of sp³-hybridized carbons (Fsp3) is 0.389. The highest BCUT2D eigenvalue weighted by molar-refractivity contribution is 7.88. The number of para-hydroxylation sites is 1. The highest BCUT2D eigenvalue weighted by atomic mass is 32.2. The number of amides is 2. The van der Waals surface area contributed by atoms with Crippen molar-refractivity contribution in [3.8, 4) is 0 Å². The van der Waals surface area contributed by atoms with Crippen molar-refractivity contribution in [2.24, 2.45) is 5.92 Å². The normalized spacial score (nSPS) is 20.2. The number of aromatic nitrogens is 1. The fourth-order valence-electron chi connectivity index (χ4n) is 3.46. The molecule has 2 aliphatic heterocycles. The van der Waals surface area contributed by atoms with E-state index in [4.69, 9.17) is 0 Å². The topological polar surface area (TPSA) is 99.7 Å². The maximum atomic E-state index is 12.6. The lowest BCUT2D eigenvalue weighted by molar-refractivity contribution is -0.122. The van der Waals surface area contributed by atoms with Crippen molar-refractivity contribution in [1.82, 2.24) is 9.29 Å². The second kappa shape index (κ2) is 7.26. The molecule has 148 valence electrons. The quantitative estimate of drug-likeness (QED) is 0.807. The Balaban J connectivity index is 1.43. The highest BCUT2D eigenvalue weighted by Crippen LogP contribution is 2.31. The van der Waals surface area contributed by atoms with E-state index in [0.29, 0.717) is 24.6 Å². The number of fused-ring (bicyclic) bond motifs is 1. The van der Waals surface area contributed by atoms with Crippen molar-refractivity contribution in [2.45, 2.75) is 19.4 Å². The van der Waals surface area contributed by atoms with E-state index in [-0.39, 0.29) is 24.8 Å². The smallest absolute Gasteiger partial charge is 0.231 e. The highest BCUT2D eigenvalue weighted by Gasteiger charge is 2.35. The van der Waals surface area contributed by atoms with Crippen molar-refractivity contribution < 1.29 is 18.0 Å². The lowest BCUT2D eigenvalue weighted by Crippen LogP contribution is -2.34. The van der Waals surface area contributed by atoms with Crippen LogP contribution < -0.4 is 10.2 Å². The van der Waals surface area contributed by atoms with Gasteiger partial charge in [-0.25, -0.2) is 13.4 Å². The first-order chi connectivity index (χ1) is 13.3. The molecule has 2 amide bonds. The van der Waals surface area contributed by atoms with Crippen LogP contribution in [0.1, 0.15) is 17.0 Å². The summed E-state index contributed by atoms with van der Waals surface area (Å²) in [7, 11) is -3.25. The molecular weight excluding hydrogens is 400 g/mol. The van der Waals surface area contributed by atoms with Crippen LogP contribution in [0.4, 0.5) is 10.8 Å². The fourth-order valence-corrected chi connectivity index (χ4v) is 5.35. The Morgan fingerprint density at radius 3 is 2.75 bits per heavy atom. The third-order valence-electron chi connectivity index (χ3n) is 4.96. The van der Waals surface area contributed by atoms with Crippen LogP contribution in [-0.4, -0.2) is 48.9 Å². The van der Waals surface area contributed by atoms with E-state index in [2.05, 4.69) is 10.3 Å². The molecule has 0 bridgehead atoms. The zero-order valence-corrected chi connectivity index (χ0v) is 16.9. The van der Waals surface area contributed by atoms with Gasteiger partial charge in [0.05, 0.1) is 17.9 Å². The summed E-state index contributed by atoms with van der Waals surface area (Å²) >= 11 is 1.29. The van der Waals surface area contributed by atoms with Crippen molar-refractivity contribution in [2.75, 3.05) is 29.6 Å². The largest absolute Gasteiger partial charge is 0.312 e. The van der Waals surface area contributed by atoms with Crippen LogP contribution in [-0.2, 0) is 32.6 Å². The summed E-state index contributed by atoms with van der Waals surface area (Å²) in [6.45, 7) is 1.01. The molecule has 1 fully saturated rings. The maximum Gasteiger partial charge on any atom is 0.231 e. The third-order valence-corrected chi connectivity index (χ3v) is 7.21. The first-order valence-corrected chi connectivity index (χ1v) is 11.6. The lowest BCUT2D eigenvalue weighted by Gasteiger charge is -2.23. The molecule has 4 rings (SSSR count). The summed E-state index contributed by atoms with van der Waals surface area (Å²) < 4.78 is 24.9. The number of carbonyl (C=O) groups is 2. The lowest BCUT2D eigenvalue weighted by atomic mass is 10.1. The van der Waals surface area contributed by atoms with Crippen LogP contribution in [0.3, 0.4) is 0 Å². The van der Waals surface area contributed by atoms with Gasteiger partial charge in [-0.1, -0.05) is 18.2 Å². The van der Waals surface area contributed by atoms with Crippen LogP contribution in [0, 0.1) is 5.92 Å². The molecule has 28 heavy (non-hydrogen) atoms. The zero-order valence-electron chi connectivity index (χ0n) is 15.3. The molecule has 3 heterocycles. The number of nitrogens with one attached hydrogen (secondary N) is 1. The van der Waals surface area contributed by atoms with Crippen molar-refractivity contribution in [3.05, 3.63) is 40.9 Å². The van der Waals surface area contributed by atoms with E-state index >= 15 is 0 Å². The number of sulfonamides is 1. The van der Waals surface area contributed by atoms with E-state index in [1.165, 1.54) is 21.9 Å². The number of rotatable bonds is 4. The molecule has 0 saturated carbocycles. The van der Waals surface area contributed by atoms with Gasteiger partial charge in [-0.3, -0.25) is 9.59 Å². The summed E-state index contributed by atoms with van der Waals surface area (Å²) in [5.74, 6) is -0.757. The number of nitrogens with zero attached hydrogens (tertiary/aromatic N) is 3. The van der Waals surface area contributed by atoms with Crippen molar-refractivity contribution in [3.63, 3.8) is 0 Å². The number of thiazole rings is 1. The Hall–Kier alpha value is -2.30. The minimum atomic E-state index is -3.25. The summed E-state index contributed by atoms with van der Waals surface area (Å²) in [6, 6.07) is 9.29. The van der Waals surface area contributed by atoms with Gasteiger partial charge in [0.1, 0.15) is 0 Å². The predicted octanol–water partition coefficient (Wildman–Crippen LogP) is 1.45. The minimum absolute atomic E-state index is 0.0754. The molecule has 2 aromatic rings. The SMILES string of the molecule is CS(=O)(=O)N1CCc2nc(NC(=O)C3CC(=O)N(c4ccccc4)C3)sc2C1. The van der Waals surface area contributed by atoms with Gasteiger partial charge in [0.25, 0.3) is 0 Å². The Morgan fingerprint density at radius 1 is 1.29 bits per heavy atom. The molecule has 1 aromatic heterocycles. The molecule has 10 heteroatoms. The van der Waals surface area contributed by atoms with Gasteiger partial charge < -0.3 is 10.2 Å². The third kappa shape index (κ3) is 3.80. The van der Waals surface area contributed by atoms with E-state index in [0.717, 1.165) is 16.3 Å². The summed E-state index contributed by atoms with van der Waals surface area (Å²) in [5.41, 5.74) is 1.61. The monoisotopic (exact) mass is 420 g/mol. The van der Waals surface area contributed by atoms with Gasteiger partial charge in [0.2, 0.25) is 21.8 Å². The Kier molecular flexibility index (Phi) is 4.94. The van der Waals surface area contributed by atoms with Gasteiger partial charge in [-0.05, 0) is 12.1 Å². The molecule has 1 N–H and O–H groups in total. The average molecular weight is 421 g/mol. The van der Waals surface area contributed by atoms with Crippen LogP contribution in [0.25, 0.3) is 0 Å². The molecule has 0 aliphatic carbocycles. The Bertz CT molecular complexity index is 1020. The first kappa shape index (κ1) is 19.0. The molecule has 0 radical (unpaired) electrons. The van der Waals surface area contributed by atoms with E-state index in [9.17, 15) is 18.0 Å². The number of anilines is 2. The van der Waals surface area contributed by atoms with Crippen LogP contribution in [0.2, 0.25) is 0 Å². The van der Waals surface area contributed by atoms with E-state index in [1.54, 1.807) is 4.90 Å². The second-order valence-corrected chi connectivity index (χ2v) is 10.0. The Morgan fingerprint density at radius 2 is 2.04 bits per heavy atom. The van der Waals surface area contributed by atoms with Gasteiger partial charge >= 0.3 is 0 Å². The molecule has 1 atom stereocenters. The standard InChI is InChI=1S/C18H20N4O4S2/c1-28(25,26)21-8-7-14-15(11-21)27-18(19-14)20-17(24)12-9-16(23)22(10-12)13-5-3-2-4-6-13/h2-6,12H,7-11H2,1H3,(H,19,20,24). The first-order valence-electron chi connectivity index (χ1n) is 8.91. The minimum Gasteiger partial charge on any atom is -0.312 e. The molecule has 8 nitrogen and oxygen atoms in total. The van der Waals surface area contributed by atoms with Crippen LogP contribution in [0.15, 0.2) is 30.3 Å². The number of benzene rings is 1. The van der Waals surface area contributed by atoms with Crippen LogP contribution >= 0.6 is 11.3 Å². The predicted molar refractivity (Wildman–Crippen MR) is 107 cm³/mol. The molecule has 1 aromatic carbocycles. The van der Waals surface area contributed by atoms with Gasteiger partial charge in [-0.2, -0.15) is 4.31 Å². The molecule has 0 spiro atoms. The van der Waals surface area contributed by atoms with Crippen molar-refractivity contribution >= 4 is 44.0 Å². The molecule has 1 unspecified atom stereocenters. The van der Waals surface area contributed by atoms with Gasteiger partial charge in [-0.15, -0.1) is 11.3 Å². The number of hydrogen-bond donors (Lipinski definition) is 1. The van der Waals surface area contributed by atoms with E-state index in [1.807, 2.05) is 30.3 Å². The second-order valence-electron chi connectivity index (χ2n) is 6.97. The number of carbonyl (C=O) groups excluding carboxylic acids is 2. The summed E-state index contributed by atoms with van der Waals surface area (Å²) in [5, 5.41) is 3.26. The average Bonchev–Trinajstić information content (AvgIpc) is 3.23. The Labute approximate surface area is 167 Å². The number of hydrogen-bond acceptors (Lipinski definition) is 6. The molecule has 2 aliphatic rings. The van der Waals surface area contributed by atoms with E-state index < -0.39 is 15.9 Å².